The SMILES string of the molecule is CC(C)N1C=NC(SCc2ccccc2)=NS1. The number of hydrogen-bond acceptors (Lipinski definition) is 5. The lowest BCUT2D eigenvalue weighted by molar-refractivity contribution is 0.563. The molecule has 3 nitrogen and oxygen atoms in total. The van der Waals surface area contributed by atoms with Crippen molar-refractivity contribution in [3.63, 3.8) is 0 Å². The molecule has 1 aromatic rings. The molecule has 1 heterocycles. The van der Waals surface area contributed by atoms with Crippen LogP contribution < -0.4 is 0 Å². The summed E-state index contributed by atoms with van der Waals surface area (Å²) in [5.74, 6) is 0.916. The van der Waals surface area contributed by atoms with Crippen LogP contribution in [0.5, 0.6) is 0 Å². The van der Waals surface area contributed by atoms with Gasteiger partial charge in [-0.15, -0.1) is 0 Å². The lowest BCUT2D eigenvalue weighted by Gasteiger charge is -2.21. The molecule has 0 N–H and O–H groups in total. The first-order valence-corrected chi connectivity index (χ1v) is 7.21. The molecule has 0 amide bonds. The van der Waals surface area contributed by atoms with Crippen molar-refractivity contribution >= 4 is 35.4 Å². The number of thioether (sulfide) groups is 1. The van der Waals surface area contributed by atoms with Crippen LogP contribution in [-0.4, -0.2) is 21.9 Å². The molecule has 1 aliphatic rings. The molecular weight excluding hydrogens is 250 g/mol. The maximum atomic E-state index is 4.37. The summed E-state index contributed by atoms with van der Waals surface area (Å²) in [6.07, 6.45) is 1.86. The van der Waals surface area contributed by atoms with E-state index in [1.807, 2.05) is 16.7 Å². The third kappa shape index (κ3) is 3.78. The third-order valence-electron chi connectivity index (χ3n) is 2.21. The average molecular weight is 265 g/mol. The minimum Gasteiger partial charge on any atom is -0.285 e. The second-order valence-corrected chi connectivity index (χ2v) is 5.64. The summed E-state index contributed by atoms with van der Waals surface area (Å²) in [5.41, 5.74) is 1.30. The summed E-state index contributed by atoms with van der Waals surface area (Å²) >= 11 is 3.13. The van der Waals surface area contributed by atoms with Crippen LogP contribution in [0.1, 0.15) is 19.4 Å². The molecule has 17 heavy (non-hydrogen) atoms. The van der Waals surface area contributed by atoms with E-state index in [0.717, 1.165) is 10.9 Å². The van der Waals surface area contributed by atoms with E-state index in [9.17, 15) is 0 Å². The van der Waals surface area contributed by atoms with Gasteiger partial charge in [0.05, 0.1) is 12.1 Å². The molecule has 0 saturated heterocycles. The van der Waals surface area contributed by atoms with E-state index < -0.39 is 0 Å². The van der Waals surface area contributed by atoms with Gasteiger partial charge in [-0.25, -0.2) is 4.99 Å². The summed E-state index contributed by atoms with van der Waals surface area (Å²) in [5, 5.41) is 0.843. The van der Waals surface area contributed by atoms with E-state index >= 15 is 0 Å². The molecule has 2 rings (SSSR count). The molecule has 0 fully saturated rings. The van der Waals surface area contributed by atoms with Crippen LogP contribution >= 0.6 is 23.9 Å². The molecule has 1 aliphatic heterocycles. The van der Waals surface area contributed by atoms with Crippen LogP contribution in [0.25, 0.3) is 0 Å². The second-order valence-electron chi connectivity index (χ2n) is 3.93. The fourth-order valence-electron chi connectivity index (χ4n) is 1.25. The zero-order chi connectivity index (χ0) is 12.1. The van der Waals surface area contributed by atoms with Gasteiger partial charge in [-0.2, -0.15) is 4.40 Å². The van der Waals surface area contributed by atoms with Crippen molar-refractivity contribution in [2.75, 3.05) is 0 Å². The number of nitrogens with zero attached hydrogens (tertiary/aromatic N) is 3. The normalized spacial score (nSPS) is 15.2. The molecule has 0 spiro atoms. The highest BCUT2D eigenvalue weighted by atomic mass is 32.2. The standard InChI is InChI=1S/C12H15N3S2/c1-10(2)15-9-13-12(14-17-15)16-8-11-6-4-3-5-7-11/h3-7,9-10H,8H2,1-2H3. The molecule has 0 radical (unpaired) electrons. The molecule has 5 heteroatoms. The van der Waals surface area contributed by atoms with E-state index in [1.165, 1.54) is 17.7 Å². The van der Waals surface area contributed by atoms with Crippen LogP contribution in [0.4, 0.5) is 0 Å². The van der Waals surface area contributed by atoms with Crippen LogP contribution in [-0.2, 0) is 5.75 Å². The number of rotatable bonds is 3. The first-order chi connectivity index (χ1) is 8.25. The average Bonchev–Trinajstić information content (AvgIpc) is 2.38. The Kier molecular flexibility index (Phi) is 4.50. The summed E-state index contributed by atoms with van der Waals surface area (Å²) in [4.78, 5) is 4.34. The predicted molar refractivity (Wildman–Crippen MR) is 78.2 cm³/mol. The summed E-state index contributed by atoms with van der Waals surface area (Å²) in [6.45, 7) is 4.24. The van der Waals surface area contributed by atoms with E-state index in [2.05, 4.69) is 47.5 Å². The first kappa shape index (κ1) is 12.5. The van der Waals surface area contributed by atoms with Gasteiger partial charge in [0.2, 0.25) is 0 Å². The molecule has 90 valence electrons. The smallest absolute Gasteiger partial charge is 0.198 e. The highest BCUT2D eigenvalue weighted by Gasteiger charge is 2.11. The molecule has 0 saturated carbocycles. The second kappa shape index (κ2) is 6.12. The van der Waals surface area contributed by atoms with Crippen LogP contribution in [0, 0.1) is 0 Å². The van der Waals surface area contributed by atoms with Gasteiger partial charge in [0.1, 0.15) is 6.34 Å². The number of aliphatic imine (C=N–C) groups is 1. The van der Waals surface area contributed by atoms with Crippen molar-refractivity contribution < 1.29 is 0 Å². The number of amidine groups is 1. The Hall–Kier alpha value is -0.940. The van der Waals surface area contributed by atoms with Crippen LogP contribution in [0.3, 0.4) is 0 Å². The van der Waals surface area contributed by atoms with Crippen molar-refractivity contribution in [3.8, 4) is 0 Å². The van der Waals surface area contributed by atoms with Crippen LogP contribution in [0.2, 0.25) is 0 Å². The van der Waals surface area contributed by atoms with Gasteiger partial charge in [0.25, 0.3) is 0 Å². The molecular formula is C12H15N3S2. The predicted octanol–water partition coefficient (Wildman–Crippen LogP) is 3.59. The Bertz CT molecular complexity index is 415. The molecule has 0 aliphatic carbocycles. The summed E-state index contributed by atoms with van der Waals surface area (Å²) in [7, 11) is 0. The fraction of sp³-hybridized carbons (Fsp3) is 0.333. The van der Waals surface area contributed by atoms with Crippen molar-refractivity contribution in [3.05, 3.63) is 35.9 Å². The fourth-order valence-corrected chi connectivity index (χ4v) is 2.66. The van der Waals surface area contributed by atoms with Gasteiger partial charge in [-0.3, -0.25) is 4.31 Å². The lowest BCUT2D eigenvalue weighted by atomic mass is 10.2. The Balaban J connectivity index is 1.84. The van der Waals surface area contributed by atoms with Gasteiger partial charge in [-0.1, -0.05) is 42.1 Å². The number of benzene rings is 1. The van der Waals surface area contributed by atoms with Gasteiger partial charge in [-0.05, 0) is 19.4 Å². The zero-order valence-electron chi connectivity index (χ0n) is 9.91. The lowest BCUT2D eigenvalue weighted by Crippen LogP contribution is -2.23. The zero-order valence-corrected chi connectivity index (χ0v) is 11.5. The highest BCUT2D eigenvalue weighted by molar-refractivity contribution is 8.14. The van der Waals surface area contributed by atoms with E-state index in [-0.39, 0.29) is 0 Å². The highest BCUT2D eigenvalue weighted by Crippen LogP contribution is 2.23. The van der Waals surface area contributed by atoms with Crippen molar-refractivity contribution in [1.29, 1.82) is 0 Å². The summed E-state index contributed by atoms with van der Waals surface area (Å²) in [6, 6.07) is 10.8. The molecule has 0 aromatic heterocycles. The Morgan fingerprint density at radius 3 is 2.65 bits per heavy atom. The molecule has 1 aromatic carbocycles. The van der Waals surface area contributed by atoms with Gasteiger partial charge < -0.3 is 0 Å². The first-order valence-electron chi connectivity index (χ1n) is 5.50. The molecule has 0 atom stereocenters. The van der Waals surface area contributed by atoms with Crippen molar-refractivity contribution in [2.45, 2.75) is 25.6 Å². The minimum absolute atomic E-state index is 0.424. The minimum atomic E-state index is 0.424. The Morgan fingerprint density at radius 2 is 2.06 bits per heavy atom. The summed E-state index contributed by atoms with van der Waals surface area (Å²) < 4.78 is 6.41. The van der Waals surface area contributed by atoms with E-state index in [1.54, 1.807) is 11.8 Å². The van der Waals surface area contributed by atoms with Gasteiger partial charge in [0, 0.05) is 11.8 Å². The maximum Gasteiger partial charge on any atom is 0.198 e. The maximum absolute atomic E-state index is 4.37. The monoisotopic (exact) mass is 265 g/mol. The van der Waals surface area contributed by atoms with E-state index in [4.69, 9.17) is 0 Å². The third-order valence-corrected chi connectivity index (χ3v) is 4.22. The largest absolute Gasteiger partial charge is 0.285 e. The molecule has 0 unspecified atom stereocenters. The van der Waals surface area contributed by atoms with Gasteiger partial charge in [0.15, 0.2) is 5.17 Å². The Labute approximate surface area is 111 Å². The van der Waals surface area contributed by atoms with Crippen molar-refractivity contribution in [1.82, 2.24) is 4.31 Å². The Morgan fingerprint density at radius 1 is 1.29 bits per heavy atom. The van der Waals surface area contributed by atoms with E-state index in [0.29, 0.717) is 6.04 Å². The quantitative estimate of drug-likeness (QED) is 0.782. The molecule has 0 bridgehead atoms. The van der Waals surface area contributed by atoms with Crippen molar-refractivity contribution in [2.24, 2.45) is 9.39 Å². The van der Waals surface area contributed by atoms with Gasteiger partial charge >= 0.3 is 0 Å². The topological polar surface area (TPSA) is 28.0 Å². The van der Waals surface area contributed by atoms with Crippen LogP contribution in [0.15, 0.2) is 39.7 Å². The number of hydrogen-bond donors (Lipinski definition) is 0.